The van der Waals surface area contributed by atoms with Crippen LogP contribution in [0.25, 0.3) is 10.8 Å². The number of esters is 1. The highest BCUT2D eigenvalue weighted by molar-refractivity contribution is 7.84. The lowest BCUT2D eigenvalue weighted by Gasteiger charge is -2.14. The summed E-state index contributed by atoms with van der Waals surface area (Å²) in [5, 5.41) is 9.84. The highest BCUT2D eigenvalue weighted by Crippen LogP contribution is 2.21. The van der Waals surface area contributed by atoms with E-state index in [1.165, 1.54) is 0 Å². The molecule has 7 nitrogen and oxygen atoms in total. The van der Waals surface area contributed by atoms with Gasteiger partial charge in [0.2, 0.25) is 0 Å². The monoisotopic (exact) mass is 435 g/mol. The molecule has 30 heavy (non-hydrogen) atoms. The van der Waals surface area contributed by atoms with Gasteiger partial charge in [-0.1, -0.05) is 56.5 Å². The molecule has 166 valence electrons. The number of carbonyl (C=O) groups excluding carboxylic acids is 1. The topological polar surface area (TPSA) is 133 Å². The lowest BCUT2D eigenvalue weighted by Crippen LogP contribution is -2.22. The fraction of sp³-hybridized carbons (Fsp3) is 0.455. The van der Waals surface area contributed by atoms with Crippen LogP contribution in [0.4, 0.5) is 0 Å². The Morgan fingerprint density at radius 3 is 2.30 bits per heavy atom. The molecule has 1 atom stereocenters. The molecular weight excluding hydrogens is 404 g/mol. The number of nitrogens with two attached hydrogens (primary N) is 1. The first kappa shape index (κ1) is 25.6. The van der Waals surface area contributed by atoms with Crippen molar-refractivity contribution in [2.24, 2.45) is 11.7 Å². The minimum absolute atomic E-state index is 0.149. The third-order valence-electron chi connectivity index (χ3n) is 4.48. The lowest BCUT2D eigenvalue weighted by atomic mass is 9.94. The fourth-order valence-corrected chi connectivity index (χ4v) is 2.98. The Morgan fingerprint density at radius 2 is 1.70 bits per heavy atom. The Balaban J connectivity index is 0.000000804. The summed E-state index contributed by atoms with van der Waals surface area (Å²) >= 11 is 0. The van der Waals surface area contributed by atoms with Crippen LogP contribution in [0.5, 0.6) is 5.75 Å². The summed E-state index contributed by atoms with van der Waals surface area (Å²) in [6, 6.07) is 13.7. The van der Waals surface area contributed by atoms with Crippen LogP contribution in [-0.2, 0) is 14.9 Å². The molecule has 0 aliphatic carbocycles. The van der Waals surface area contributed by atoms with E-state index in [9.17, 15) is 4.79 Å². The van der Waals surface area contributed by atoms with Gasteiger partial charge in [0.15, 0.2) is 0 Å². The maximum atomic E-state index is 12.0. The molecule has 0 amide bonds. The molecule has 2 aromatic rings. The average molecular weight is 436 g/mol. The number of hydrogen-bond acceptors (Lipinski definition) is 6. The van der Waals surface area contributed by atoms with Crippen LogP contribution in [0.15, 0.2) is 42.5 Å². The molecule has 0 radical (unpaired) electrons. The molecule has 0 heterocycles. The zero-order valence-corrected chi connectivity index (χ0v) is 18.4. The Bertz CT molecular complexity index is 920. The number of hydrogen-bond donors (Lipinski definition) is 2. The van der Waals surface area contributed by atoms with E-state index >= 15 is 0 Å². The normalized spacial score (nSPS) is 12.0. The fourth-order valence-electron chi connectivity index (χ4n) is 2.98. The van der Waals surface area contributed by atoms with E-state index < -0.39 is 10.1 Å². The Labute approximate surface area is 178 Å². The number of nitrogens with one attached hydrogen (secondary N) is 1. The van der Waals surface area contributed by atoms with Crippen LogP contribution in [0, 0.1) is 11.3 Å². The van der Waals surface area contributed by atoms with Gasteiger partial charge in [-0.05, 0) is 42.2 Å². The van der Waals surface area contributed by atoms with Gasteiger partial charge in [-0.3, -0.25) is 10.2 Å². The molecular formula is C22H31N2O5S-. The molecule has 2 aromatic carbocycles. The summed E-state index contributed by atoms with van der Waals surface area (Å²) in [5.41, 5.74) is 5.66. The minimum atomic E-state index is -3.92. The van der Waals surface area contributed by atoms with Crippen molar-refractivity contribution in [3.05, 3.63) is 42.5 Å². The van der Waals surface area contributed by atoms with Crippen molar-refractivity contribution < 1.29 is 22.5 Å². The van der Waals surface area contributed by atoms with Crippen molar-refractivity contribution >= 4 is 32.7 Å². The first-order valence-electron chi connectivity index (χ1n) is 10.0. The maximum absolute atomic E-state index is 12.0. The van der Waals surface area contributed by atoms with E-state index in [-0.39, 0.29) is 17.7 Å². The van der Waals surface area contributed by atoms with E-state index in [0.29, 0.717) is 18.4 Å². The third kappa shape index (κ3) is 11.5. The van der Waals surface area contributed by atoms with Crippen molar-refractivity contribution in [3.8, 4) is 5.75 Å². The molecule has 0 aliphatic heterocycles. The highest BCUT2D eigenvalue weighted by atomic mass is 32.2. The summed E-state index contributed by atoms with van der Waals surface area (Å²) in [6.07, 6.45) is 6.70. The standard InChI is InChI=1S/C21H28N2O2.CH4O3S/c1-2-3-8-17(21(22)23)10-6-7-12-20(24)25-19-14-13-16-9-4-5-11-18(16)15-19;1-5(2,3)4/h4-5,9,11,13-15,17H,2-3,6-8,10,12H2,1H3,(H3,22,23);1H3,(H,2,3,4)/p-1. The SMILES string of the molecule is CCCCC(CCCCC(=O)Oc1ccc2ccccc2c1)C(=N)N.CS(=O)(=O)[O-]. The van der Waals surface area contributed by atoms with Gasteiger partial charge in [0.1, 0.15) is 5.75 Å². The number of rotatable bonds is 10. The zero-order valence-electron chi connectivity index (χ0n) is 17.6. The quantitative estimate of drug-likeness (QED) is 0.143. The summed E-state index contributed by atoms with van der Waals surface area (Å²) < 4.78 is 32.7. The molecule has 0 saturated carbocycles. The molecule has 0 aliphatic rings. The van der Waals surface area contributed by atoms with Crippen molar-refractivity contribution in [2.75, 3.05) is 6.26 Å². The highest BCUT2D eigenvalue weighted by Gasteiger charge is 2.12. The molecule has 8 heteroatoms. The number of benzene rings is 2. The number of carbonyl (C=O) groups is 1. The van der Waals surface area contributed by atoms with Crippen LogP contribution in [-0.4, -0.2) is 31.0 Å². The molecule has 0 aromatic heterocycles. The van der Waals surface area contributed by atoms with Gasteiger partial charge in [0.25, 0.3) is 0 Å². The van der Waals surface area contributed by atoms with Gasteiger partial charge in [0, 0.05) is 18.6 Å². The summed E-state index contributed by atoms with van der Waals surface area (Å²) in [6.45, 7) is 2.14. The van der Waals surface area contributed by atoms with Gasteiger partial charge in [-0.15, -0.1) is 0 Å². The summed E-state index contributed by atoms with van der Waals surface area (Å²) in [4.78, 5) is 12.0. The van der Waals surface area contributed by atoms with Crippen molar-refractivity contribution in [2.45, 2.75) is 51.9 Å². The van der Waals surface area contributed by atoms with Crippen molar-refractivity contribution in [1.82, 2.24) is 0 Å². The van der Waals surface area contributed by atoms with Gasteiger partial charge in [-0.25, -0.2) is 8.42 Å². The van der Waals surface area contributed by atoms with Crippen LogP contribution >= 0.6 is 0 Å². The van der Waals surface area contributed by atoms with E-state index in [1.807, 2.05) is 42.5 Å². The van der Waals surface area contributed by atoms with Crippen LogP contribution in [0.1, 0.15) is 51.9 Å². The zero-order chi connectivity index (χ0) is 22.6. The average Bonchev–Trinajstić information content (AvgIpc) is 2.65. The van der Waals surface area contributed by atoms with Gasteiger partial charge < -0.3 is 15.0 Å². The largest absolute Gasteiger partial charge is 0.748 e. The molecule has 0 saturated heterocycles. The molecule has 0 spiro atoms. The first-order valence-corrected chi connectivity index (χ1v) is 11.9. The second-order valence-corrected chi connectivity index (χ2v) is 8.64. The summed E-state index contributed by atoms with van der Waals surface area (Å²) in [7, 11) is -3.92. The van der Waals surface area contributed by atoms with E-state index in [1.54, 1.807) is 0 Å². The molecule has 2 rings (SSSR count). The van der Waals surface area contributed by atoms with Crippen LogP contribution in [0.3, 0.4) is 0 Å². The van der Waals surface area contributed by atoms with Gasteiger partial charge in [-0.2, -0.15) is 0 Å². The van der Waals surface area contributed by atoms with E-state index in [4.69, 9.17) is 28.9 Å². The Morgan fingerprint density at radius 1 is 1.10 bits per heavy atom. The molecule has 3 N–H and O–H groups in total. The molecule has 0 bridgehead atoms. The van der Waals surface area contributed by atoms with E-state index in [2.05, 4.69) is 6.92 Å². The predicted octanol–water partition coefficient (Wildman–Crippen LogP) is 4.21. The van der Waals surface area contributed by atoms with Crippen LogP contribution < -0.4 is 10.5 Å². The maximum Gasteiger partial charge on any atom is 0.311 e. The second-order valence-electron chi connectivity index (χ2n) is 7.23. The lowest BCUT2D eigenvalue weighted by molar-refractivity contribution is -0.134. The van der Waals surface area contributed by atoms with Crippen molar-refractivity contribution in [3.63, 3.8) is 0 Å². The third-order valence-corrected chi connectivity index (χ3v) is 4.48. The smallest absolute Gasteiger partial charge is 0.311 e. The second kappa shape index (κ2) is 13.0. The number of amidine groups is 1. The minimum Gasteiger partial charge on any atom is -0.748 e. The number of ether oxygens (including phenoxy) is 1. The number of fused-ring (bicyclic) bond motifs is 1. The summed E-state index contributed by atoms with van der Waals surface area (Å²) in [5.74, 6) is 0.806. The molecule has 0 fully saturated rings. The number of unbranched alkanes of at least 4 members (excludes halogenated alkanes) is 2. The Hall–Kier alpha value is -2.45. The van der Waals surface area contributed by atoms with Crippen LogP contribution in [0.2, 0.25) is 0 Å². The first-order chi connectivity index (χ1) is 14.1. The van der Waals surface area contributed by atoms with E-state index in [0.717, 1.165) is 49.3 Å². The predicted molar refractivity (Wildman–Crippen MR) is 119 cm³/mol. The van der Waals surface area contributed by atoms with Gasteiger partial charge in [0.05, 0.1) is 16.0 Å². The molecule has 1 unspecified atom stereocenters. The van der Waals surface area contributed by atoms with Gasteiger partial charge >= 0.3 is 5.97 Å². The Kier molecular flexibility index (Phi) is 11.1. The van der Waals surface area contributed by atoms with Crippen molar-refractivity contribution in [1.29, 1.82) is 5.41 Å².